The molecule has 5 heteroatoms. The van der Waals surface area contributed by atoms with E-state index < -0.39 is 0 Å². The number of thioether (sulfide) groups is 1. The molecule has 2 heterocycles. The zero-order valence-corrected chi connectivity index (χ0v) is 14.3. The Morgan fingerprint density at radius 3 is 2.90 bits per heavy atom. The van der Waals surface area contributed by atoms with Gasteiger partial charge in [-0.1, -0.05) is 23.7 Å². The van der Waals surface area contributed by atoms with Crippen molar-refractivity contribution in [3.63, 3.8) is 0 Å². The van der Waals surface area contributed by atoms with Crippen LogP contribution < -0.4 is 4.74 Å². The Kier molecular flexibility index (Phi) is 5.26. The fourth-order valence-electron chi connectivity index (χ4n) is 3.13. The van der Waals surface area contributed by atoms with E-state index in [2.05, 4.69) is 0 Å². The highest BCUT2D eigenvalue weighted by molar-refractivity contribution is 7.99. The summed E-state index contributed by atoms with van der Waals surface area (Å²) >= 11 is 14.3. The van der Waals surface area contributed by atoms with Crippen LogP contribution in [0.4, 0.5) is 0 Å². The molecule has 1 spiro atoms. The Bertz CT molecular complexity index is 484. The first kappa shape index (κ1) is 15.8. The quantitative estimate of drug-likeness (QED) is 0.725. The lowest BCUT2D eigenvalue weighted by atomic mass is 9.86. The third-order valence-corrected chi connectivity index (χ3v) is 5.90. The molecular weight excluding hydrogens is 327 g/mol. The lowest BCUT2D eigenvalue weighted by Crippen LogP contribution is -2.46. The van der Waals surface area contributed by atoms with Gasteiger partial charge < -0.3 is 9.47 Å². The zero-order chi connectivity index (χ0) is 14.7. The normalized spacial score (nSPS) is 25.0. The van der Waals surface area contributed by atoms with Gasteiger partial charge in [0.25, 0.3) is 0 Å². The predicted molar refractivity (Wildman–Crippen MR) is 89.9 cm³/mol. The minimum Gasteiger partial charge on any atom is -0.488 e. The first-order valence-electron chi connectivity index (χ1n) is 7.44. The van der Waals surface area contributed by atoms with E-state index in [1.54, 1.807) is 0 Å². The molecule has 3 rings (SSSR count). The van der Waals surface area contributed by atoms with Gasteiger partial charge >= 0.3 is 0 Å². The number of halogens is 2. The van der Waals surface area contributed by atoms with E-state index in [9.17, 15) is 0 Å². The second-order valence-corrected chi connectivity index (χ2v) is 7.64. The Labute approximate surface area is 140 Å². The monoisotopic (exact) mass is 346 g/mol. The summed E-state index contributed by atoms with van der Waals surface area (Å²) < 4.78 is 12.3. The first-order valence-corrected chi connectivity index (χ1v) is 9.51. The fraction of sp³-hybridized carbons (Fsp3) is 0.625. The molecule has 0 amide bonds. The van der Waals surface area contributed by atoms with E-state index in [0.29, 0.717) is 10.9 Å². The van der Waals surface area contributed by atoms with Crippen LogP contribution in [0.25, 0.3) is 0 Å². The van der Waals surface area contributed by atoms with Gasteiger partial charge in [-0.3, -0.25) is 0 Å². The van der Waals surface area contributed by atoms with Crippen LogP contribution in [0.15, 0.2) is 18.2 Å². The van der Waals surface area contributed by atoms with Crippen molar-refractivity contribution in [1.29, 1.82) is 0 Å². The van der Waals surface area contributed by atoms with Crippen molar-refractivity contribution in [3.05, 3.63) is 28.8 Å². The summed E-state index contributed by atoms with van der Waals surface area (Å²) in [7, 11) is 0. The summed E-state index contributed by atoms with van der Waals surface area (Å²) in [6.45, 7) is 0.774. The van der Waals surface area contributed by atoms with Crippen molar-refractivity contribution < 1.29 is 9.47 Å². The molecule has 2 saturated heterocycles. The minimum absolute atomic E-state index is 0.0244. The van der Waals surface area contributed by atoms with Crippen LogP contribution in [0.5, 0.6) is 5.75 Å². The Morgan fingerprint density at radius 1 is 1.33 bits per heavy atom. The van der Waals surface area contributed by atoms with E-state index in [-0.39, 0.29) is 11.7 Å². The van der Waals surface area contributed by atoms with Gasteiger partial charge in [0.1, 0.15) is 11.9 Å². The van der Waals surface area contributed by atoms with E-state index in [1.165, 1.54) is 11.5 Å². The Balaban J connectivity index is 1.73. The maximum Gasteiger partial charge on any atom is 0.142 e. The molecule has 1 aromatic rings. The van der Waals surface area contributed by atoms with Gasteiger partial charge in [0.05, 0.1) is 23.1 Å². The minimum atomic E-state index is 0.0244. The molecular formula is C16H20Cl2O2S. The van der Waals surface area contributed by atoms with Crippen LogP contribution in [0.1, 0.15) is 31.2 Å². The van der Waals surface area contributed by atoms with Gasteiger partial charge in [-0.25, -0.2) is 0 Å². The summed E-state index contributed by atoms with van der Waals surface area (Å²) in [4.78, 5) is 0. The maximum absolute atomic E-state index is 6.29. The Morgan fingerprint density at radius 2 is 2.14 bits per heavy atom. The van der Waals surface area contributed by atoms with Gasteiger partial charge in [-0.15, -0.1) is 11.6 Å². The number of benzene rings is 1. The highest BCUT2D eigenvalue weighted by atomic mass is 35.5. The zero-order valence-electron chi connectivity index (χ0n) is 11.9. The number of rotatable bonds is 3. The SMILES string of the molecule is ClCc1cccc(Cl)c1OC1CCOC2(CCSCC2)C1. The summed E-state index contributed by atoms with van der Waals surface area (Å²) in [5, 5.41) is 0.646. The average molecular weight is 347 g/mol. The molecule has 2 fully saturated rings. The summed E-state index contributed by atoms with van der Waals surface area (Å²) in [5.74, 6) is 3.54. The number of hydrogen-bond donors (Lipinski definition) is 0. The van der Waals surface area contributed by atoms with Gasteiger partial charge in [0.2, 0.25) is 0 Å². The molecule has 0 radical (unpaired) electrons. The van der Waals surface area contributed by atoms with E-state index in [0.717, 1.165) is 43.6 Å². The van der Waals surface area contributed by atoms with Crippen molar-refractivity contribution >= 4 is 35.0 Å². The van der Waals surface area contributed by atoms with Gasteiger partial charge in [-0.05, 0) is 30.4 Å². The maximum atomic E-state index is 6.29. The molecule has 2 nitrogen and oxygen atoms in total. The van der Waals surface area contributed by atoms with Crippen LogP contribution in [0, 0.1) is 0 Å². The molecule has 2 aliphatic heterocycles. The number of alkyl halides is 1. The predicted octanol–water partition coefficient (Wildman–Crippen LogP) is 4.90. The molecule has 1 atom stereocenters. The second-order valence-electron chi connectivity index (χ2n) is 5.74. The van der Waals surface area contributed by atoms with Crippen molar-refractivity contribution in [1.82, 2.24) is 0 Å². The lowest BCUT2D eigenvalue weighted by molar-refractivity contribution is -0.116. The van der Waals surface area contributed by atoms with Crippen LogP contribution in [0.2, 0.25) is 5.02 Å². The molecule has 116 valence electrons. The molecule has 1 aromatic carbocycles. The van der Waals surface area contributed by atoms with Crippen molar-refractivity contribution in [2.24, 2.45) is 0 Å². The van der Waals surface area contributed by atoms with E-state index in [4.69, 9.17) is 32.7 Å². The second kappa shape index (κ2) is 6.99. The van der Waals surface area contributed by atoms with Crippen molar-refractivity contribution in [2.75, 3.05) is 18.1 Å². The average Bonchev–Trinajstić information content (AvgIpc) is 2.50. The largest absolute Gasteiger partial charge is 0.488 e. The highest BCUT2D eigenvalue weighted by Crippen LogP contribution is 2.40. The molecule has 0 saturated carbocycles. The number of para-hydroxylation sites is 1. The molecule has 2 aliphatic rings. The molecule has 0 aromatic heterocycles. The van der Waals surface area contributed by atoms with Crippen LogP contribution in [-0.4, -0.2) is 29.8 Å². The van der Waals surface area contributed by atoms with E-state index >= 15 is 0 Å². The van der Waals surface area contributed by atoms with Crippen molar-refractivity contribution in [3.8, 4) is 5.75 Å². The standard InChI is InChI=1S/C16H20Cl2O2S/c17-11-12-2-1-3-14(18)15(12)20-13-4-7-19-16(10-13)5-8-21-9-6-16/h1-3,13H,4-11H2. The number of hydrogen-bond acceptors (Lipinski definition) is 3. The smallest absolute Gasteiger partial charge is 0.142 e. The molecule has 0 N–H and O–H groups in total. The lowest BCUT2D eigenvalue weighted by Gasteiger charge is -2.43. The number of ether oxygens (including phenoxy) is 2. The van der Waals surface area contributed by atoms with Gasteiger partial charge in [0, 0.05) is 18.4 Å². The van der Waals surface area contributed by atoms with Crippen LogP contribution in [0.3, 0.4) is 0 Å². The summed E-state index contributed by atoms with van der Waals surface area (Å²) in [6.07, 6.45) is 4.30. The summed E-state index contributed by atoms with van der Waals surface area (Å²) in [5.41, 5.74) is 0.986. The summed E-state index contributed by atoms with van der Waals surface area (Å²) in [6, 6.07) is 5.75. The fourth-order valence-corrected chi connectivity index (χ4v) is 4.82. The highest BCUT2D eigenvalue weighted by Gasteiger charge is 2.39. The molecule has 0 bridgehead atoms. The molecule has 1 unspecified atom stereocenters. The third kappa shape index (κ3) is 3.64. The van der Waals surface area contributed by atoms with Crippen LogP contribution >= 0.6 is 35.0 Å². The topological polar surface area (TPSA) is 18.5 Å². The third-order valence-electron chi connectivity index (χ3n) is 4.33. The molecule has 0 aliphatic carbocycles. The van der Waals surface area contributed by atoms with Gasteiger partial charge in [-0.2, -0.15) is 11.8 Å². The van der Waals surface area contributed by atoms with Gasteiger partial charge in [0.15, 0.2) is 0 Å². The van der Waals surface area contributed by atoms with Crippen molar-refractivity contribution in [2.45, 2.75) is 43.3 Å². The van der Waals surface area contributed by atoms with E-state index in [1.807, 2.05) is 30.0 Å². The molecule has 21 heavy (non-hydrogen) atoms. The first-order chi connectivity index (χ1) is 10.2. The Hall–Kier alpha value is -0.0900. The van der Waals surface area contributed by atoms with Crippen LogP contribution in [-0.2, 0) is 10.6 Å².